The van der Waals surface area contributed by atoms with Crippen LogP contribution < -0.4 is 19.9 Å². The number of nitrogen functional groups attached to an aromatic ring is 1. The van der Waals surface area contributed by atoms with Crippen LogP contribution in [0.4, 0.5) is 5.69 Å². The Bertz CT molecular complexity index is 562. The van der Waals surface area contributed by atoms with Crippen molar-refractivity contribution in [2.75, 3.05) is 26.6 Å². The summed E-state index contributed by atoms with van der Waals surface area (Å²) in [5, 5.41) is 0. The molecule has 2 N–H and O–H groups in total. The van der Waals surface area contributed by atoms with Crippen LogP contribution in [-0.4, -0.2) is 20.8 Å². The lowest BCUT2D eigenvalue weighted by Gasteiger charge is -2.14. The normalized spacial score (nSPS) is 10.2. The molecule has 0 aromatic heterocycles. The van der Waals surface area contributed by atoms with E-state index in [0.29, 0.717) is 23.9 Å². The topological polar surface area (TPSA) is 53.7 Å². The van der Waals surface area contributed by atoms with Gasteiger partial charge in [-0.3, -0.25) is 0 Å². The Morgan fingerprint density at radius 2 is 1.62 bits per heavy atom. The number of ether oxygens (including phenoxy) is 3. The molecule has 0 aliphatic rings. The highest BCUT2D eigenvalue weighted by Gasteiger charge is 2.10. The molecule has 0 unspecified atom stereocenters. The molecular formula is C17H21NO3. The molecule has 0 fully saturated rings. The standard InChI is InChI=1S/C17H21NO3/c1-19-15-9-4-10-16(20-2)17(15)21-11-5-7-13-6-3-8-14(18)12-13/h3-4,6,8-10,12H,5,7,11,18H2,1-2H3. The lowest BCUT2D eigenvalue weighted by atomic mass is 10.1. The van der Waals surface area contributed by atoms with E-state index in [1.165, 1.54) is 5.56 Å². The highest BCUT2D eigenvalue weighted by atomic mass is 16.5. The van der Waals surface area contributed by atoms with E-state index in [-0.39, 0.29) is 0 Å². The predicted octanol–water partition coefficient (Wildman–Crippen LogP) is 3.30. The smallest absolute Gasteiger partial charge is 0.203 e. The Labute approximate surface area is 125 Å². The molecule has 0 aliphatic carbocycles. The fourth-order valence-corrected chi connectivity index (χ4v) is 2.16. The summed E-state index contributed by atoms with van der Waals surface area (Å²) in [5.41, 5.74) is 7.77. The first kappa shape index (κ1) is 15.0. The van der Waals surface area contributed by atoms with Crippen molar-refractivity contribution < 1.29 is 14.2 Å². The van der Waals surface area contributed by atoms with Crippen molar-refractivity contribution >= 4 is 5.69 Å². The molecule has 0 atom stereocenters. The number of benzene rings is 2. The van der Waals surface area contributed by atoms with Crippen molar-refractivity contribution in [3.63, 3.8) is 0 Å². The average molecular weight is 287 g/mol. The minimum Gasteiger partial charge on any atom is -0.493 e. The number of nitrogens with two attached hydrogens (primary N) is 1. The van der Waals surface area contributed by atoms with E-state index >= 15 is 0 Å². The van der Waals surface area contributed by atoms with Gasteiger partial charge in [0.1, 0.15) is 0 Å². The number of anilines is 1. The molecule has 0 bridgehead atoms. The van der Waals surface area contributed by atoms with Gasteiger partial charge in [-0.25, -0.2) is 0 Å². The molecule has 2 rings (SSSR count). The lowest BCUT2D eigenvalue weighted by molar-refractivity contribution is 0.271. The predicted molar refractivity (Wildman–Crippen MR) is 84.2 cm³/mol. The highest BCUT2D eigenvalue weighted by molar-refractivity contribution is 5.51. The first-order chi connectivity index (χ1) is 10.2. The van der Waals surface area contributed by atoms with Crippen molar-refractivity contribution in [2.24, 2.45) is 0 Å². The van der Waals surface area contributed by atoms with Gasteiger partial charge in [0.25, 0.3) is 0 Å². The Balaban J connectivity index is 1.91. The van der Waals surface area contributed by atoms with Crippen molar-refractivity contribution in [2.45, 2.75) is 12.8 Å². The van der Waals surface area contributed by atoms with E-state index in [2.05, 4.69) is 6.07 Å². The molecule has 0 spiro atoms. The largest absolute Gasteiger partial charge is 0.493 e. The summed E-state index contributed by atoms with van der Waals surface area (Å²) in [6.45, 7) is 0.589. The van der Waals surface area contributed by atoms with Gasteiger partial charge in [0, 0.05) is 5.69 Å². The molecule has 2 aromatic carbocycles. The first-order valence-electron chi connectivity index (χ1n) is 6.93. The number of hydrogen-bond donors (Lipinski definition) is 1. The Hall–Kier alpha value is -2.36. The molecule has 0 radical (unpaired) electrons. The Kier molecular flexibility index (Phi) is 5.32. The third kappa shape index (κ3) is 4.05. The number of rotatable bonds is 7. The molecule has 0 aliphatic heterocycles. The maximum absolute atomic E-state index is 5.82. The van der Waals surface area contributed by atoms with Crippen LogP contribution in [0.1, 0.15) is 12.0 Å². The molecule has 0 amide bonds. The maximum Gasteiger partial charge on any atom is 0.203 e. The van der Waals surface area contributed by atoms with Crippen LogP contribution >= 0.6 is 0 Å². The summed E-state index contributed by atoms with van der Waals surface area (Å²) in [6.07, 6.45) is 1.81. The second-order valence-corrected chi connectivity index (χ2v) is 4.69. The Morgan fingerprint density at radius 3 is 2.24 bits per heavy atom. The van der Waals surface area contributed by atoms with Gasteiger partial charge in [-0.1, -0.05) is 18.2 Å². The van der Waals surface area contributed by atoms with Crippen molar-refractivity contribution in [3.05, 3.63) is 48.0 Å². The van der Waals surface area contributed by atoms with E-state index < -0.39 is 0 Å². The number of para-hydroxylation sites is 1. The molecule has 0 saturated heterocycles. The summed E-state index contributed by atoms with van der Waals surface area (Å²) in [5.74, 6) is 2.01. The maximum atomic E-state index is 5.82. The van der Waals surface area contributed by atoms with E-state index in [1.807, 2.05) is 36.4 Å². The zero-order valence-corrected chi connectivity index (χ0v) is 12.5. The quantitative estimate of drug-likeness (QED) is 0.627. The molecular weight excluding hydrogens is 266 g/mol. The van der Waals surface area contributed by atoms with Crippen molar-refractivity contribution in [3.8, 4) is 17.2 Å². The van der Waals surface area contributed by atoms with Gasteiger partial charge in [0.15, 0.2) is 11.5 Å². The number of aryl methyl sites for hydroxylation is 1. The second-order valence-electron chi connectivity index (χ2n) is 4.69. The average Bonchev–Trinajstić information content (AvgIpc) is 2.51. The summed E-state index contributed by atoms with van der Waals surface area (Å²) in [4.78, 5) is 0. The SMILES string of the molecule is COc1cccc(OC)c1OCCCc1cccc(N)c1. The summed E-state index contributed by atoms with van der Waals surface area (Å²) in [6, 6.07) is 13.5. The van der Waals surface area contributed by atoms with Gasteiger partial charge >= 0.3 is 0 Å². The molecule has 2 aromatic rings. The molecule has 0 heterocycles. The van der Waals surface area contributed by atoms with Crippen molar-refractivity contribution in [1.82, 2.24) is 0 Å². The van der Waals surface area contributed by atoms with Gasteiger partial charge < -0.3 is 19.9 Å². The summed E-state index contributed by atoms with van der Waals surface area (Å²) < 4.78 is 16.4. The van der Waals surface area contributed by atoms with Crippen LogP contribution in [0.3, 0.4) is 0 Å². The van der Waals surface area contributed by atoms with E-state index in [0.717, 1.165) is 18.5 Å². The molecule has 4 nitrogen and oxygen atoms in total. The van der Waals surface area contributed by atoms with Gasteiger partial charge in [0.2, 0.25) is 5.75 Å². The fraction of sp³-hybridized carbons (Fsp3) is 0.294. The van der Waals surface area contributed by atoms with E-state index in [4.69, 9.17) is 19.9 Å². The van der Waals surface area contributed by atoms with Crippen LogP contribution in [0.15, 0.2) is 42.5 Å². The minimum absolute atomic E-state index is 0.589. The number of methoxy groups -OCH3 is 2. The number of hydrogen-bond acceptors (Lipinski definition) is 4. The molecule has 4 heteroatoms. The molecule has 0 saturated carbocycles. The van der Waals surface area contributed by atoms with Crippen molar-refractivity contribution in [1.29, 1.82) is 0 Å². The van der Waals surface area contributed by atoms with Gasteiger partial charge in [-0.15, -0.1) is 0 Å². The van der Waals surface area contributed by atoms with Crippen LogP contribution in [0.2, 0.25) is 0 Å². The van der Waals surface area contributed by atoms with E-state index in [9.17, 15) is 0 Å². The first-order valence-corrected chi connectivity index (χ1v) is 6.93. The van der Waals surface area contributed by atoms with Gasteiger partial charge in [-0.05, 0) is 42.7 Å². The van der Waals surface area contributed by atoms with Gasteiger partial charge in [0.05, 0.1) is 20.8 Å². The lowest BCUT2D eigenvalue weighted by Crippen LogP contribution is -2.03. The van der Waals surface area contributed by atoms with Crippen LogP contribution in [0, 0.1) is 0 Å². The third-order valence-corrected chi connectivity index (χ3v) is 3.19. The Morgan fingerprint density at radius 1 is 0.952 bits per heavy atom. The third-order valence-electron chi connectivity index (χ3n) is 3.19. The zero-order valence-electron chi connectivity index (χ0n) is 12.5. The van der Waals surface area contributed by atoms with E-state index in [1.54, 1.807) is 14.2 Å². The monoisotopic (exact) mass is 287 g/mol. The zero-order chi connectivity index (χ0) is 15.1. The second kappa shape index (κ2) is 7.43. The molecule has 21 heavy (non-hydrogen) atoms. The minimum atomic E-state index is 0.589. The fourth-order valence-electron chi connectivity index (χ4n) is 2.16. The van der Waals surface area contributed by atoms with Crippen LogP contribution in [0.25, 0.3) is 0 Å². The van der Waals surface area contributed by atoms with Gasteiger partial charge in [-0.2, -0.15) is 0 Å². The van der Waals surface area contributed by atoms with Crippen LogP contribution in [-0.2, 0) is 6.42 Å². The highest BCUT2D eigenvalue weighted by Crippen LogP contribution is 2.36. The van der Waals surface area contributed by atoms with Crippen LogP contribution in [0.5, 0.6) is 17.2 Å². The summed E-state index contributed by atoms with van der Waals surface area (Å²) in [7, 11) is 3.24. The summed E-state index contributed by atoms with van der Waals surface area (Å²) >= 11 is 0. The molecule has 112 valence electrons.